The molecule has 2 heterocycles. The second kappa shape index (κ2) is 4.52. The van der Waals surface area contributed by atoms with Gasteiger partial charge in [0.1, 0.15) is 36.3 Å². The molecule has 4 N–H and O–H groups in total. The van der Waals surface area contributed by atoms with Crippen molar-refractivity contribution in [2.75, 3.05) is 6.61 Å². The lowest BCUT2D eigenvalue weighted by molar-refractivity contribution is -0.235. The smallest absolute Gasteiger partial charge is 0.144 e. The summed E-state index contributed by atoms with van der Waals surface area (Å²) < 4.78 is 10.3. The summed E-state index contributed by atoms with van der Waals surface area (Å²) in [5.74, 6) is 0.344. The highest BCUT2D eigenvalue weighted by Gasteiger charge is 2.44. The number of hydrogen-bond donors (Lipinski definition) is 4. The number of furan rings is 1. The fraction of sp³-hybridized carbons (Fsp3) is 0.600. The molecule has 1 aromatic rings. The van der Waals surface area contributed by atoms with Crippen LogP contribution in [0.4, 0.5) is 0 Å². The predicted octanol–water partition coefficient (Wildman–Crippen LogP) is -1.21. The van der Waals surface area contributed by atoms with Crippen LogP contribution in [-0.2, 0) is 4.74 Å². The number of hydrogen-bond acceptors (Lipinski definition) is 6. The Hall–Kier alpha value is -0.920. The van der Waals surface area contributed by atoms with E-state index in [0.29, 0.717) is 5.76 Å². The third-order valence-electron chi connectivity index (χ3n) is 2.72. The zero-order valence-corrected chi connectivity index (χ0v) is 8.43. The minimum Gasteiger partial charge on any atom is -0.466 e. The molecule has 6 heteroatoms. The number of aliphatic hydroxyl groups excluding tert-OH is 4. The van der Waals surface area contributed by atoms with E-state index in [1.54, 1.807) is 12.1 Å². The van der Waals surface area contributed by atoms with Gasteiger partial charge in [-0.2, -0.15) is 0 Å². The Morgan fingerprint density at radius 3 is 2.44 bits per heavy atom. The zero-order valence-electron chi connectivity index (χ0n) is 8.43. The molecule has 0 amide bonds. The van der Waals surface area contributed by atoms with Crippen molar-refractivity contribution in [2.24, 2.45) is 0 Å². The Labute approximate surface area is 91.7 Å². The molecule has 5 atom stereocenters. The summed E-state index contributed by atoms with van der Waals surface area (Å²) in [6.07, 6.45) is -4.38. The first-order valence-electron chi connectivity index (χ1n) is 4.99. The Bertz CT molecular complexity index is 322. The third kappa shape index (κ3) is 1.85. The highest BCUT2D eigenvalue weighted by atomic mass is 16.6. The van der Waals surface area contributed by atoms with Crippen LogP contribution in [0.2, 0.25) is 0 Å². The van der Waals surface area contributed by atoms with Crippen molar-refractivity contribution in [3.05, 3.63) is 24.2 Å². The molecule has 16 heavy (non-hydrogen) atoms. The van der Waals surface area contributed by atoms with Gasteiger partial charge < -0.3 is 29.6 Å². The summed E-state index contributed by atoms with van der Waals surface area (Å²) in [6.45, 7) is -0.442. The standard InChI is InChI=1S/C10H14O6/c11-4-6-7(12)8(13)9(14)10(16-6)5-2-1-3-15-5/h1-3,6-14H,4H2/t6-,7-,8+,9-,10-/m1/s1. The van der Waals surface area contributed by atoms with Crippen LogP contribution in [0.15, 0.2) is 22.8 Å². The van der Waals surface area contributed by atoms with Gasteiger partial charge in [-0.05, 0) is 12.1 Å². The molecule has 6 nitrogen and oxygen atoms in total. The van der Waals surface area contributed by atoms with E-state index in [2.05, 4.69) is 0 Å². The fourth-order valence-electron chi connectivity index (χ4n) is 1.79. The van der Waals surface area contributed by atoms with Crippen LogP contribution >= 0.6 is 0 Å². The predicted molar refractivity (Wildman–Crippen MR) is 51.4 cm³/mol. The number of ether oxygens (including phenoxy) is 1. The highest BCUT2D eigenvalue weighted by Crippen LogP contribution is 2.32. The first-order chi connectivity index (χ1) is 7.65. The average Bonchev–Trinajstić information content (AvgIpc) is 2.80. The molecule has 0 bridgehead atoms. The van der Waals surface area contributed by atoms with Crippen LogP contribution < -0.4 is 0 Å². The van der Waals surface area contributed by atoms with Crippen molar-refractivity contribution in [1.29, 1.82) is 0 Å². The maximum atomic E-state index is 9.72. The van der Waals surface area contributed by atoms with Gasteiger partial charge in [0, 0.05) is 0 Å². The summed E-state index contributed by atoms with van der Waals surface area (Å²) in [7, 11) is 0. The highest BCUT2D eigenvalue weighted by molar-refractivity contribution is 5.08. The quantitative estimate of drug-likeness (QED) is 0.508. The van der Waals surface area contributed by atoms with E-state index in [4.69, 9.17) is 14.3 Å². The number of aliphatic hydroxyl groups is 4. The van der Waals surface area contributed by atoms with Gasteiger partial charge in [0.05, 0.1) is 12.9 Å². The van der Waals surface area contributed by atoms with Crippen molar-refractivity contribution in [1.82, 2.24) is 0 Å². The van der Waals surface area contributed by atoms with E-state index < -0.39 is 37.1 Å². The van der Waals surface area contributed by atoms with E-state index in [-0.39, 0.29) is 0 Å². The van der Waals surface area contributed by atoms with Crippen molar-refractivity contribution < 1.29 is 29.6 Å². The second-order valence-electron chi connectivity index (χ2n) is 3.76. The molecule has 1 aliphatic heterocycles. The molecule has 1 aromatic heterocycles. The molecule has 1 aliphatic rings. The monoisotopic (exact) mass is 230 g/mol. The van der Waals surface area contributed by atoms with Gasteiger partial charge in [-0.1, -0.05) is 0 Å². The van der Waals surface area contributed by atoms with Gasteiger partial charge in [-0.15, -0.1) is 0 Å². The van der Waals surface area contributed by atoms with E-state index in [0.717, 1.165) is 0 Å². The maximum Gasteiger partial charge on any atom is 0.144 e. The van der Waals surface area contributed by atoms with Crippen LogP contribution in [-0.4, -0.2) is 51.4 Å². The summed E-state index contributed by atoms with van der Waals surface area (Å²) >= 11 is 0. The van der Waals surface area contributed by atoms with E-state index in [9.17, 15) is 15.3 Å². The molecule has 0 spiro atoms. The van der Waals surface area contributed by atoms with Gasteiger partial charge >= 0.3 is 0 Å². The number of rotatable bonds is 2. The van der Waals surface area contributed by atoms with Crippen LogP contribution in [0.3, 0.4) is 0 Å². The van der Waals surface area contributed by atoms with Gasteiger partial charge in [0.25, 0.3) is 0 Å². The molecule has 0 radical (unpaired) electrons. The van der Waals surface area contributed by atoms with E-state index >= 15 is 0 Å². The van der Waals surface area contributed by atoms with Crippen LogP contribution in [0.25, 0.3) is 0 Å². The molecular formula is C10H14O6. The molecule has 1 fully saturated rings. The van der Waals surface area contributed by atoms with Crippen molar-refractivity contribution >= 4 is 0 Å². The summed E-state index contributed by atoms with van der Waals surface area (Å²) in [5.41, 5.74) is 0. The first kappa shape index (κ1) is 11.6. The van der Waals surface area contributed by atoms with Gasteiger partial charge in [-0.25, -0.2) is 0 Å². The Morgan fingerprint density at radius 2 is 1.88 bits per heavy atom. The molecular weight excluding hydrogens is 216 g/mol. The van der Waals surface area contributed by atoms with Gasteiger partial charge in [0.2, 0.25) is 0 Å². The molecule has 0 aromatic carbocycles. The van der Waals surface area contributed by atoms with Gasteiger partial charge in [0.15, 0.2) is 0 Å². The second-order valence-corrected chi connectivity index (χ2v) is 3.76. The van der Waals surface area contributed by atoms with E-state index in [1.807, 2.05) is 0 Å². The Balaban J connectivity index is 2.20. The minimum absolute atomic E-state index is 0.344. The van der Waals surface area contributed by atoms with Crippen LogP contribution in [0.5, 0.6) is 0 Å². The topological polar surface area (TPSA) is 103 Å². The lowest BCUT2D eigenvalue weighted by atomic mass is 9.94. The third-order valence-corrected chi connectivity index (χ3v) is 2.72. The van der Waals surface area contributed by atoms with E-state index in [1.165, 1.54) is 6.26 Å². The molecule has 0 aliphatic carbocycles. The van der Waals surface area contributed by atoms with Gasteiger partial charge in [-0.3, -0.25) is 0 Å². The van der Waals surface area contributed by atoms with Crippen LogP contribution in [0.1, 0.15) is 11.9 Å². The Kier molecular flexibility index (Phi) is 3.27. The maximum absolute atomic E-state index is 9.72. The average molecular weight is 230 g/mol. The van der Waals surface area contributed by atoms with Crippen LogP contribution in [0, 0.1) is 0 Å². The lowest BCUT2D eigenvalue weighted by Gasteiger charge is -2.39. The molecule has 90 valence electrons. The SMILES string of the molecule is OC[C@H]1O[C@H](c2ccco2)[C@H](O)[C@@H](O)[C@@H]1O. The zero-order chi connectivity index (χ0) is 11.7. The fourth-order valence-corrected chi connectivity index (χ4v) is 1.79. The summed E-state index contributed by atoms with van der Waals surface area (Å²) in [5, 5.41) is 37.8. The summed E-state index contributed by atoms with van der Waals surface area (Å²) in [4.78, 5) is 0. The van der Waals surface area contributed by atoms with Crippen molar-refractivity contribution in [3.63, 3.8) is 0 Å². The summed E-state index contributed by atoms with van der Waals surface area (Å²) in [6, 6.07) is 3.21. The lowest BCUT2D eigenvalue weighted by Crippen LogP contribution is -2.55. The molecule has 0 saturated carbocycles. The molecule has 2 rings (SSSR count). The van der Waals surface area contributed by atoms with Crippen molar-refractivity contribution in [3.8, 4) is 0 Å². The Morgan fingerprint density at radius 1 is 1.12 bits per heavy atom. The minimum atomic E-state index is -1.37. The molecule has 1 saturated heterocycles. The largest absolute Gasteiger partial charge is 0.466 e. The molecule has 0 unspecified atom stereocenters. The van der Waals surface area contributed by atoms with Crippen molar-refractivity contribution in [2.45, 2.75) is 30.5 Å². The first-order valence-corrected chi connectivity index (χ1v) is 4.99. The normalized spacial score (nSPS) is 39.9.